The zero-order valence-electron chi connectivity index (χ0n) is 21.0. The van der Waals surface area contributed by atoms with Gasteiger partial charge in [0, 0.05) is 38.9 Å². The Labute approximate surface area is 210 Å². The third-order valence-electron chi connectivity index (χ3n) is 6.13. The second-order valence-electron chi connectivity index (χ2n) is 9.16. The van der Waals surface area contributed by atoms with E-state index >= 15 is 0 Å². The van der Waals surface area contributed by atoms with E-state index in [0.717, 1.165) is 25.7 Å². The first kappa shape index (κ1) is 25.8. The molecule has 0 bridgehead atoms. The number of anilines is 1. The highest BCUT2D eigenvalue weighted by Gasteiger charge is 2.33. The fourth-order valence-corrected chi connectivity index (χ4v) is 4.08. The molecule has 1 aromatic carbocycles. The number of esters is 1. The lowest BCUT2D eigenvalue weighted by molar-refractivity contribution is -0.125. The number of hydrogen-bond donors (Lipinski definition) is 0. The van der Waals surface area contributed by atoms with Crippen molar-refractivity contribution >= 4 is 17.7 Å². The van der Waals surface area contributed by atoms with Crippen LogP contribution in [0.25, 0.3) is 0 Å². The van der Waals surface area contributed by atoms with E-state index in [1.807, 2.05) is 6.92 Å². The molecule has 0 N–H and O–H groups in total. The van der Waals surface area contributed by atoms with Gasteiger partial charge in [0.15, 0.2) is 5.82 Å². The van der Waals surface area contributed by atoms with E-state index in [9.17, 15) is 9.59 Å². The van der Waals surface area contributed by atoms with Crippen LogP contribution < -0.4 is 14.4 Å². The summed E-state index contributed by atoms with van der Waals surface area (Å²) >= 11 is 0. The van der Waals surface area contributed by atoms with Crippen molar-refractivity contribution < 1.29 is 33.3 Å². The maximum atomic E-state index is 13.2. The second kappa shape index (κ2) is 12.1. The Morgan fingerprint density at radius 1 is 1.06 bits per heavy atom. The average Bonchev–Trinajstić information content (AvgIpc) is 3.72. The van der Waals surface area contributed by atoms with Gasteiger partial charge in [-0.2, -0.15) is 0 Å². The minimum atomic E-state index is -0.520. The highest BCUT2D eigenvalue weighted by Crippen LogP contribution is 2.33. The van der Waals surface area contributed by atoms with Crippen LogP contribution in [0.5, 0.6) is 17.4 Å². The van der Waals surface area contributed by atoms with Crippen LogP contribution in [0.1, 0.15) is 43.0 Å². The maximum absolute atomic E-state index is 13.2. The average molecular weight is 500 g/mol. The van der Waals surface area contributed by atoms with Crippen LogP contribution in [-0.2, 0) is 19.0 Å². The van der Waals surface area contributed by atoms with Gasteiger partial charge in [-0.05, 0) is 50.7 Å². The molecule has 1 saturated carbocycles. The molecular formula is C26H33N3O7. The Balaban J connectivity index is 1.51. The Morgan fingerprint density at radius 3 is 2.44 bits per heavy atom. The third kappa shape index (κ3) is 6.92. The number of amides is 1. The quantitative estimate of drug-likeness (QED) is 0.428. The maximum Gasteiger partial charge on any atom is 0.338 e. The number of nitrogens with zero attached hydrogens (tertiary/aromatic N) is 3. The predicted octanol–water partition coefficient (Wildman–Crippen LogP) is 3.64. The van der Waals surface area contributed by atoms with E-state index in [1.54, 1.807) is 36.4 Å². The molecule has 194 valence electrons. The summed E-state index contributed by atoms with van der Waals surface area (Å²) in [4.78, 5) is 36.0. The number of methoxy groups -OCH3 is 2. The van der Waals surface area contributed by atoms with Crippen LogP contribution in [0.2, 0.25) is 0 Å². The van der Waals surface area contributed by atoms with Crippen LogP contribution in [0.3, 0.4) is 0 Å². The molecule has 2 fully saturated rings. The smallest absolute Gasteiger partial charge is 0.338 e. The SMILES string of the molecule is COC[C@H](C)Oc1cc(Oc2cnc(N(CC3CC3)C(=O)C3CCOCC3)cn2)cc(C(=O)OC)c1. The lowest BCUT2D eigenvalue weighted by Gasteiger charge is -2.28. The minimum Gasteiger partial charge on any atom is -0.488 e. The summed E-state index contributed by atoms with van der Waals surface area (Å²) in [6.45, 7) is 4.09. The molecule has 0 spiro atoms. The molecule has 1 amide bonds. The molecule has 2 aliphatic rings. The van der Waals surface area contributed by atoms with Gasteiger partial charge in [-0.15, -0.1) is 0 Å². The lowest BCUT2D eigenvalue weighted by Crippen LogP contribution is -2.40. The largest absolute Gasteiger partial charge is 0.488 e. The van der Waals surface area contributed by atoms with Gasteiger partial charge in [0.25, 0.3) is 0 Å². The van der Waals surface area contributed by atoms with Gasteiger partial charge >= 0.3 is 5.97 Å². The number of ether oxygens (including phenoxy) is 5. The standard InChI is InChI=1S/C26H33N3O7/c1-17(16-32-2)35-21-10-20(26(31)33-3)11-22(12-21)36-24-14-27-23(13-28-24)29(15-18-4-5-18)25(30)19-6-8-34-9-7-19/h10-14,17-19H,4-9,15-16H2,1-3H3/t17-/m0/s1. The highest BCUT2D eigenvalue weighted by atomic mass is 16.5. The van der Waals surface area contributed by atoms with E-state index in [4.69, 9.17) is 23.7 Å². The number of benzene rings is 1. The van der Waals surface area contributed by atoms with Crippen molar-refractivity contribution in [3.05, 3.63) is 36.2 Å². The molecule has 1 atom stereocenters. The van der Waals surface area contributed by atoms with Crippen molar-refractivity contribution in [2.75, 3.05) is 45.5 Å². The topological polar surface area (TPSA) is 109 Å². The van der Waals surface area contributed by atoms with Crippen molar-refractivity contribution in [1.29, 1.82) is 0 Å². The highest BCUT2D eigenvalue weighted by molar-refractivity contribution is 5.94. The van der Waals surface area contributed by atoms with Gasteiger partial charge in [-0.3, -0.25) is 9.69 Å². The van der Waals surface area contributed by atoms with Gasteiger partial charge < -0.3 is 23.7 Å². The molecule has 0 unspecified atom stereocenters. The molecule has 10 nitrogen and oxygen atoms in total. The van der Waals surface area contributed by atoms with Crippen molar-refractivity contribution in [1.82, 2.24) is 9.97 Å². The van der Waals surface area contributed by atoms with Gasteiger partial charge in [0.05, 0.1) is 31.7 Å². The van der Waals surface area contributed by atoms with Crippen molar-refractivity contribution in [3.8, 4) is 17.4 Å². The van der Waals surface area contributed by atoms with E-state index in [2.05, 4.69) is 9.97 Å². The van der Waals surface area contributed by atoms with Gasteiger partial charge in [-0.1, -0.05) is 0 Å². The second-order valence-corrected chi connectivity index (χ2v) is 9.16. The summed E-state index contributed by atoms with van der Waals surface area (Å²) in [5.41, 5.74) is 0.275. The number of rotatable bonds is 11. The number of carbonyl (C=O) groups excluding carboxylic acids is 2. The van der Waals surface area contributed by atoms with E-state index in [-0.39, 0.29) is 29.4 Å². The lowest BCUT2D eigenvalue weighted by atomic mass is 9.98. The zero-order chi connectivity index (χ0) is 25.5. The summed E-state index contributed by atoms with van der Waals surface area (Å²) in [5.74, 6) is 1.50. The first-order chi connectivity index (χ1) is 17.5. The summed E-state index contributed by atoms with van der Waals surface area (Å²) in [6.07, 6.45) is 6.48. The fourth-order valence-electron chi connectivity index (χ4n) is 4.08. The molecule has 1 aromatic heterocycles. The minimum absolute atomic E-state index is 0.0600. The molecule has 1 saturated heterocycles. The van der Waals surface area contributed by atoms with Crippen LogP contribution in [-0.4, -0.2) is 68.5 Å². The van der Waals surface area contributed by atoms with Gasteiger partial charge in [0.2, 0.25) is 11.8 Å². The van der Waals surface area contributed by atoms with Crippen LogP contribution >= 0.6 is 0 Å². The summed E-state index contributed by atoms with van der Waals surface area (Å²) in [7, 11) is 2.90. The van der Waals surface area contributed by atoms with Crippen LogP contribution in [0, 0.1) is 11.8 Å². The Morgan fingerprint density at radius 2 is 1.81 bits per heavy atom. The number of aromatic nitrogens is 2. The summed E-state index contributed by atoms with van der Waals surface area (Å²) < 4.78 is 27.1. The molecule has 1 aliphatic heterocycles. The molecule has 1 aliphatic carbocycles. The summed E-state index contributed by atoms with van der Waals surface area (Å²) in [5, 5.41) is 0. The third-order valence-corrected chi connectivity index (χ3v) is 6.13. The van der Waals surface area contributed by atoms with E-state index in [0.29, 0.717) is 49.6 Å². The molecule has 2 heterocycles. The molecule has 4 rings (SSSR count). The Hall–Kier alpha value is -3.24. The number of carbonyl (C=O) groups is 2. The van der Waals surface area contributed by atoms with Crippen LogP contribution in [0.15, 0.2) is 30.6 Å². The first-order valence-corrected chi connectivity index (χ1v) is 12.2. The van der Waals surface area contributed by atoms with Crippen molar-refractivity contribution in [3.63, 3.8) is 0 Å². The fraction of sp³-hybridized carbons (Fsp3) is 0.538. The molecule has 0 radical (unpaired) electrons. The predicted molar refractivity (Wildman–Crippen MR) is 130 cm³/mol. The van der Waals surface area contributed by atoms with E-state index in [1.165, 1.54) is 13.3 Å². The van der Waals surface area contributed by atoms with E-state index < -0.39 is 5.97 Å². The summed E-state index contributed by atoms with van der Waals surface area (Å²) in [6, 6.07) is 4.78. The first-order valence-electron chi connectivity index (χ1n) is 12.2. The molecule has 2 aromatic rings. The van der Waals surface area contributed by atoms with Crippen LogP contribution in [0.4, 0.5) is 5.82 Å². The zero-order valence-corrected chi connectivity index (χ0v) is 21.0. The molecule has 10 heteroatoms. The molecular weight excluding hydrogens is 466 g/mol. The normalized spacial score (nSPS) is 16.8. The van der Waals surface area contributed by atoms with Gasteiger partial charge in [-0.25, -0.2) is 14.8 Å². The molecule has 36 heavy (non-hydrogen) atoms. The monoisotopic (exact) mass is 499 g/mol. The van der Waals surface area contributed by atoms with Crippen molar-refractivity contribution in [2.24, 2.45) is 11.8 Å². The van der Waals surface area contributed by atoms with Gasteiger partial charge in [0.1, 0.15) is 17.6 Å². The van der Waals surface area contributed by atoms with Crippen molar-refractivity contribution in [2.45, 2.75) is 38.7 Å². The number of hydrogen-bond acceptors (Lipinski definition) is 9. The Kier molecular flexibility index (Phi) is 8.71. The Bertz CT molecular complexity index is 1040.